The molecule has 2 aromatic rings. The molecule has 0 saturated heterocycles. The zero-order valence-corrected chi connectivity index (χ0v) is 9.48. The van der Waals surface area contributed by atoms with E-state index < -0.39 is 5.82 Å². The third kappa shape index (κ3) is 1.93. The first-order chi connectivity index (χ1) is 8.15. The zero-order chi connectivity index (χ0) is 12.4. The van der Waals surface area contributed by atoms with Gasteiger partial charge in [0.2, 0.25) is 0 Å². The Kier molecular flexibility index (Phi) is 2.95. The molecule has 0 radical (unpaired) electrons. The van der Waals surface area contributed by atoms with Gasteiger partial charge in [0.05, 0.1) is 11.4 Å². The maximum absolute atomic E-state index is 13.7. The number of pyridine rings is 1. The number of hydrogen-bond donors (Lipinski definition) is 1. The fraction of sp³-hybridized carbons (Fsp3) is 0.154. The largest absolute Gasteiger partial charge is 0.394 e. The standard InChI is InChI=1S/C13H13FN2O/c1-2-9-7-8-11(15)13(17)16(9)12-6-4-3-5-10(12)14/h3-8H,2,15H2,1H3. The summed E-state index contributed by atoms with van der Waals surface area (Å²) in [5.74, 6) is -0.435. The number of rotatable bonds is 2. The van der Waals surface area contributed by atoms with Gasteiger partial charge in [-0.2, -0.15) is 0 Å². The highest BCUT2D eigenvalue weighted by molar-refractivity contribution is 5.43. The van der Waals surface area contributed by atoms with Crippen LogP contribution in [-0.2, 0) is 6.42 Å². The average Bonchev–Trinajstić information content (AvgIpc) is 2.34. The molecule has 3 nitrogen and oxygen atoms in total. The minimum absolute atomic E-state index is 0.116. The Balaban J connectivity index is 2.79. The summed E-state index contributed by atoms with van der Waals surface area (Å²) in [6.07, 6.45) is 0.629. The van der Waals surface area contributed by atoms with E-state index in [2.05, 4.69) is 0 Å². The number of aryl methyl sites for hydroxylation is 1. The van der Waals surface area contributed by atoms with Crippen molar-refractivity contribution < 1.29 is 4.39 Å². The predicted molar refractivity (Wildman–Crippen MR) is 65.8 cm³/mol. The summed E-state index contributed by atoms with van der Waals surface area (Å²) < 4.78 is 15.0. The van der Waals surface area contributed by atoms with Gasteiger partial charge in [-0.05, 0) is 30.7 Å². The highest BCUT2D eigenvalue weighted by atomic mass is 19.1. The van der Waals surface area contributed by atoms with Crippen molar-refractivity contribution in [1.29, 1.82) is 0 Å². The van der Waals surface area contributed by atoms with Gasteiger partial charge in [-0.15, -0.1) is 0 Å². The molecule has 88 valence electrons. The second-order valence-electron chi connectivity index (χ2n) is 3.73. The Morgan fingerprint density at radius 3 is 2.59 bits per heavy atom. The third-order valence-electron chi connectivity index (χ3n) is 2.65. The SMILES string of the molecule is CCc1ccc(N)c(=O)n1-c1ccccc1F. The van der Waals surface area contributed by atoms with Crippen molar-refractivity contribution in [2.45, 2.75) is 13.3 Å². The molecule has 17 heavy (non-hydrogen) atoms. The van der Waals surface area contributed by atoms with Crippen LogP contribution in [0.2, 0.25) is 0 Å². The number of halogens is 1. The van der Waals surface area contributed by atoms with Gasteiger partial charge in [-0.25, -0.2) is 4.39 Å². The molecule has 0 aliphatic heterocycles. The molecule has 2 rings (SSSR count). The summed E-state index contributed by atoms with van der Waals surface area (Å²) in [7, 11) is 0. The fourth-order valence-electron chi connectivity index (χ4n) is 1.76. The average molecular weight is 232 g/mol. The number of hydrogen-bond acceptors (Lipinski definition) is 2. The van der Waals surface area contributed by atoms with Crippen molar-refractivity contribution in [1.82, 2.24) is 4.57 Å². The van der Waals surface area contributed by atoms with Crippen molar-refractivity contribution in [2.75, 3.05) is 5.73 Å². The van der Waals surface area contributed by atoms with E-state index in [1.54, 1.807) is 30.3 Å². The molecule has 0 unspecified atom stereocenters. The van der Waals surface area contributed by atoms with Gasteiger partial charge in [-0.1, -0.05) is 19.1 Å². The van der Waals surface area contributed by atoms with Gasteiger partial charge < -0.3 is 5.73 Å². The van der Waals surface area contributed by atoms with Crippen LogP contribution < -0.4 is 11.3 Å². The lowest BCUT2D eigenvalue weighted by molar-refractivity contribution is 0.613. The Morgan fingerprint density at radius 2 is 1.94 bits per heavy atom. The Labute approximate surface area is 98.3 Å². The van der Waals surface area contributed by atoms with Crippen LogP contribution >= 0.6 is 0 Å². The lowest BCUT2D eigenvalue weighted by Gasteiger charge is -2.12. The van der Waals surface area contributed by atoms with Crippen LogP contribution in [0.4, 0.5) is 10.1 Å². The van der Waals surface area contributed by atoms with E-state index in [-0.39, 0.29) is 16.9 Å². The van der Waals surface area contributed by atoms with Crippen LogP contribution in [0, 0.1) is 5.82 Å². The smallest absolute Gasteiger partial charge is 0.278 e. The van der Waals surface area contributed by atoms with Gasteiger partial charge in [0.1, 0.15) is 5.82 Å². The Morgan fingerprint density at radius 1 is 1.24 bits per heavy atom. The normalized spacial score (nSPS) is 10.5. The van der Waals surface area contributed by atoms with Crippen LogP contribution in [0.5, 0.6) is 0 Å². The highest BCUT2D eigenvalue weighted by Crippen LogP contribution is 2.14. The van der Waals surface area contributed by atoms with Crippen molar-refractivity contribution in [3.05, 3.63) is 58.3 Å². The molecule has 1 aromatic carbocycles. The molecule has 1 aromatic heterocycles. The van der Waals surface area contributed by atoms with Gasteiger partial charge in [-0.3, -0.25) is 9.36 Å². The first kappa shape index (κ1) is 11.4. The lowest BCUT2D eigenvalue weighted by Crippen LogP contribution is -2.24. The van der Waals surface area contributed by atoms with Gasteiger partial charge in [0.25, 0.3) is 5.56 Å². The van der Waals surface area contributed by atoms with Crippen molar-refractivity contribution in [3.63, 3.8) is 0 Å². The van der Waals surface area contributed by atoms with Gasteiger partial charge in [0.15, 0.2) is 0 Å². The van der Waals surface area contributed by atoms with Crippen molar-refractivity contribution >= 4 is 5.69 Å². The second kappa shape index (κ2) is 4.41. The molecule has 0 spiro atoms. The van der Waals surface area contributed by atoms with Gasteiger partial charge in [0, 0.05) is 5.69 Å². The molecular weight excluding hydrogens is 219 g/mol. The van der Waals surface area contributed by atoms with E-state index in [0.29, 0.717) is 6.42 Å². The summed E-state index contributed by atoms with van der Waals surface area (Å²) >= 11 is 0. The topological polar surface area (TPSA) is 48.0 Å². The van der Waals surface area contributed by atoms with Crippen LogP contribution in [0.25, 0.3) is 5.69 Å². The molecule has 2 N–H and O–H groups in total. The third-order valence-corrected chi connectivity index (χ3v) is 2.65. The number of nitrogens with two attached hydrogens (primary N) is 1. The lowest BCUT2D eigenvalue weighted by atomic mass is 10.2. The summed E-state index contributed by atoms with van der Waals surface area (Å²) in [5, 5.41) is 0. The minimum Gasteiger partial charge on any atom is -0.394 e. The molecule has 0 fully saturated rings. The number of nitrogens with zero attached hydrogens (tertiary/aromatic N) is 1. The van der Waals surface area contributed by atoms with E-state index in [9.17, 15) is 9.18 Å². The van der Waals surface area contributed by atoms with E-state index >= 15 is 0 Å². The molecule has 0 amide bonds. The number of anilines is 1. The Bertz CT molecular complexity index is 605. The number of nitrogen functional groups attached to an aromatic ring is 1. The summed E-state index contributed by atoms with van der Waals surface area (Å²) in [4.78, 5) is 12.0. The summed E-state index contributed by atoms with van der Waals surface area (Å²) in [6, 6.07) is 9.46. The monoisotopic (exact) mass is 232 g/mol. The molecule has 4 heteroatoms. The molecule has 0 aliphatic carbocycles. The van der Waals surface area contributed by atoms with Gasteiger partial charge >= 0.3 is 0 Å². The van der Waals surface area contributed by atoms with E-state index in [1.807, 2.05) is 6.92 Å². The maximum Gasteiger partial charge on any atom is 0.278 e. The number of para-hydroxylation sites is 1. The Hall–Kier alpha value is -2.10. The fourth-order valence-corrected chi connectivity index (χ4v) is 1.76. The molecule has 0 saturated carbocycles. The number of benzene rings is 1. The highest BCUT2D eigenvalue weighted by Gasteiger charge is 2.10. The molecule has 0 aliphatic rings. The van der Waals surface area contributed by atoms with Crippen LogP contribution in [0.15, 0.2) is 41.2 Å². The molecule has 0 bridgehead atoms. The first-order valence-electron chi connectivity index (χ1n) is 5.40. The maximum atomic E-state index is 13.7. The second-order valence-corrected chi connectivity index (χ2v) is 3.73. The van der Waals surface area contributed by atoms with Crippen LogP contribution in [0.1, 0.15) is 12.6 Å². The quantitative estimate of drug-likeness (QED) is 0.862. The predicted octanol–water partition coefficient (Wildman–Crippen LogP) is 2.12. The van der Waals surface area contributed by atoms with Crippen molar-refractivity contribution in [3.8, 4) is 5.69 Å². The van der Waals surface area contributed by atoms with Crippen molar-refractivity contribution in [2.24, 2.45) is 0 Å². The molecule has 0 atom stereocenters. The first-order valence-corrected chi connectivity index (χ1v) is 5.40. The van der Waals surface area contributed by atoms with Crippen LogP contribution in [0.3, 0.4) is 0 Å². The van der Waals surface area contributed by atoms with E-state index in [1.165, 1.54) is 10.6 Å². The zero-order valence-electron chi connectivity index (χ0n) is 9.48. The molecular formula is C13H13FN2O. The van der Waals surface area contributed by atoms with E-state index in [0.717, 1.165) is 5.69 Å². The summed E-state index contributed by atoms with van der Waals surface area (Å²) in [5.41, 5.74) is 6.28. The minimum atomic E-state index is -0.435. The van der Waals surface area contributed by atoms with E-state index in [4.69, 9.17) is 5.73 Å². The summed E-state index contributed by atoms with van der Waals surface area (Å²) in [6.45, 7) is 1.91. The molecule has 1 heterocycles. The number of aromatic nitrogens is 1. The van der Waals surface area contributed by atoms with Crippen LogP contribution in [-0.4, -0.2) is 4.57 Å².